The summed E-state index contributed by atoms with van der Waals surface area (Å²) in [5.74, 6) is 3.68. The molecule has 0 bridgehead atoms. The second-order valence-electron chi connectivity index (χ2n) is 7.17. The van der Waals surface area contributed by atoms with Crippen LogP contribution in [0.1, 0.15) is 47.2 Å². The molecule has 0 N–H and O–H groups in total. The van der Waals surface area contributed by atoms with E-state index in [1.165, 1.54) is 0 Å². The van der Waals surface area contributed by atoms with Crippen LogP contribution >= 0.6 is 0 Å². The molecule has 28 heavy (non-hydrogen) atoms. The van der Waals surface area contributed by atoms with Crippen molar-refractivity contribution in [1.29, 1.82) is 5.26 Å². The third-order valence-electron chi connectivity index (χ3n) is 5.25. The van der Waals surface area contributed by atoms with Gasteiger partial charge in [0.15, 0.2) is 5.82 Å². The summed E-state index contributed by atoms with van der Waals surface area (Å²) in [5, 5.41) is 13.8. The lowest BCUT2D eigenvalue weighted by Gasteiger charge is -2.06. The number of hydrogen-bond donors (Lipinski definition) is 0. The van der Waals surface area contributed by atoms with E-state index < -0.39 is 0 Å². The fourth-order valence-electron chi connectivity index (χ4n) is 3.84. The molecule has 0 radical (unpaired) electrons. The molecular formula is C20H18N8. The van der Waals surface area contributed by atoms with Crippen molar-refractivity contribution in [2.75, 3.05) is 0 Å². The van der Waals surface area contributed by atoms with E-state index >= 15 is 0 Å². The van der Waals surface area contributed by atoms with Gasteiger partial charge >= 0.3 is 0 Å². The van der Waals surface area contributed by atoms with Crippen molar-refractivity contribution in [3.63, 3.8) is 0 Å². The van der Waals surface area contributed by atoms with Crippen LogP contribution in [0.15, 0.2) is 30.3 Å². The zero-order valence-electron chi connectivity index (χ0n) is 15.8. The minimum atomic E-state index is 0.149. The predicted molar refractivity (Wildman–Crippen MR) is 102 cm³/mol. The summed E-state index contributed by atoms with van der Waals surface area (Å²) in [6.45, 7) is 3.70. The highest BCUT2D eigenvalue weighted by molar-refractivity contribution is 5.76. The van der Waals surface area contributed by atoms with Crippen LogP contribution in [-0.4, -0.2) is 34.3 Å². The lowest BCUT2D eigenvalue weighted by Crippen LogP contribution is -2.07. The summed E-state index contributed by atoms with van der Waals surface area (Å²) in [5.41, 5.74) is 2.98. The Morgan fingerprint density at radius 1 is 1.07 bits per heavy atom. The van der Waals surface area contributed by atoms with Crippen molar-refractivity contribution in [3.05, 3.63) is 59.3 Å². The SMILES string of the molecule is Cc1nc(C)n(-c2cc(C3C[C@H]3c3nc4ccccc4n3C)nc(C#N)n2)n1. The molecule has 0 saturated heterocycles. The van der Waals surface area contributed by atoms with Crippen molar-refractivity contribution in [1.82, 2.24) is 34.3 Å². The quantitative estimate of drug-likeness (QED) is 0.550. The lowest BCUT2D eigenvalue weighted by atomic mass is 10.2. The highest BCUT2D eigenvalue weighted by Crippen LogP contribution is 2.54. The fourth-order valence-corrected chi connectivity index (χ4v) is 3.84. The third-order valence-corrected chi connectivity index (χ3v) is 5.25. The van der Waals surface area contributed by atoms with Gasteiger partial charge < -0.3 is 4.57 Å². The van der Waals surface area contributed by atoms with Gasteiger partial charge in [0.25, 0.3) is 0 Å². The lowest BCUT2D eigenvalue weighted by molar-refractivity contribution is 0.774. The molecule has 0 spiro atoms. The Balaban J connectivity index is 1.54. The first kappa shape index (κ1) is 16.6. The van der Waals surface area contributed by atoms with Gasteiger partial charge in [0.05, 0.1) is 16.7 Å². The monoisotopic (exact) mass is 370 g/mol. The molecule has 1 aliphatic rings. The fraction of sp³-hybridized carbons (Fsp3) is 0.300. The number of fused-ring (bicyclic) bond motifs is 1. The second-order valence-corrected chi connectivity index (χ2v) is 7.17. The molecule has 5 rings (SSSR count). The maximum absolute atomic E-state index is 9.40. The van der Waals surface area contributed by atoms with E-state index in [1.807, 2.05) is 45.2 Å². The molecule has 1 unspecified atom stereocenters. The number of benzene rings is 1. The van der Waals surface area contributed by atoms with Crippen molar-refractivity contribution in [2.24, 2.45) is 7.05 Å². The Labute approximate surface area is 161 Å². The summed E-state index contributed by atoms with van der Waals surface area (Å²) in [4.78, 5) is 17.9. The Morgan fingerprint density at radius 3 is 2.61 bits per heavy atom. The number of imidazole rings is 1. The average molecular weight is 370 g/mol. The van der Waals surface area contributed by atoms with E-state index in [4.69, 9.17) is 4.98 Å². The standard InChI is InChI=1S/C20H18N8/c1-11-22-12(2)28(26-11)19-9-16(23-18(10-21)25-19)13-8-14(13)20-24-15-6-4-5-7-17(15)27(20)3/h4-7,9,13-14H,8H2,1-3H3/t13?,14-/m1/s1. The molecular weight excluding hydrogens is 352 g/mol. The molecule has 1 fully saturated rings. The Hall–Kier alpha value is -3.60. The van der Waals surface area contributed by atoms with Crippen LogP contribution in [0.2, 0.25) is 0 Å². The largest absolute Gasteiger partial charge is 0.331 e. The molecule has 0 aliphatic heterocycles. The Morgan fingerprint density at radius 2 is 1.89 bits per heavy atom. The van der Waals surface area contributed by atoms with Crippen molar-refractivity contribution in [2.45, 2.75) is 32.1 Å². The van der Waals surface area contributed by atoms with Gasteiger partial charge in [-0.05, 0) is 32.4 Å². The minimum absolute atomic E-state index is 0.149. The van der Waals surface area contributed by atoms with Crippen LogP contribution in [0.5, 0.6) is 0 Å². The van der Waals surface area contributed by atoms with Crippen molar-refractivity contribution < 1.29 is 0 Å². The number of hydrogen-bond acceptors (Lipinski definition) is 6. The summed E-state index contributed by atoms with van der Waals surface area (Å²) in [6.07, 6.45) is 0.952. The summed E-state index contributed by atoms with van der Waals surface area (Å²) in [7, 11) is 2.05. The number of rotatable bonds is 3. The van der Waals surface area contributed by atoms with E-state index in [1.54, 1.807) is 4.68 Å². The molecule has 2 atom stereocenters. The molecule has 3 aromatic heterocycles. The first-order valence-electron chi connectivity index (χ1n) is 9.16. The Kier molecular flexibility index (Phi) is 3.52. The van der Waals surface area contributed by atoms with E-state index in [9.17, 15) is 5.26 Å². The van der Waals surface area contributed by atoms with Gasteiger partial charge in [-0.3, -0.25) is 0 Å². The van der Waals surface area contributed by atoms with E-state index in [0.29, 0.717) is 11.6 Å². The predicted octanol–water partition coefficient (Wildman–Crippen LogP) is 2.70. The first-order valence-corrected chi connectivity index (χ1v) is 9.16. The van der Waals surface area contributed by atoms with Gasteiger partial charge in [0, 0.05) is 24.9 Å². The minimum Gasteiger partial charge on any atom is -0.331 e. The smallest absolute Gasteiger partial charge is 0.234 e. The average Bonchev–Trinajstić information content (AvgIpc) is 3.33. The van der Waals surface area contributed by atoms with Crippen LogP contribution in [0.25, 0.3) is 16.9 Å². The summed E-state index contributed by atoms with van der Waals surface area (Å²) < 4.78 is 3.81. The van der Waals surface area contributed by atoms with E-state index in [0.717, 1.165) is 34.8 Å². The molecule has 3 heterocycles. The van der Waals surface area contributed by atoms with E-state index in [2.05, 4.69) is 36.8 Å². The van der Waals surface area contributed by atoms with Crippen molar-refractivity contribution in [3.8, 4) is 11.9 Å². The number of nitrogens with zero attached hydrogens (tertiary/aromatic N) is 8. The summed E-state index contributed by atoms with van der Waals surface area (Å²) >= 11 is 0. The van der Waals surface area contributed by atoms with Gasteiger partial charge in [-0.1, -0.05) is 12.1 Å². The number of aryl methyl sites for hydroxylation is 3. The maximum atomic E-state index is 9.40. The second kappa shape index (κ2) is 5.96. The zero-order valence-corrected chi connectivity index (χ0v) is 15.8. The van der Waals surface area contributed by atoms with Gasteiger partial charge in [-0.2, -0.15) is 14.9 Å². The molecule has 1 saturated carbocycles. The highest BCUT2D eigenvalue weighted by atomic mass is 15.4. The van der Waals surface area contributed by atoms with Crippen LogP contribution in [-0.2, 0) is 7.05 Å². The molecule has 8 nitrogen and oxygen atoms in total. The van der Waals surface area contributed by atoms with Gasteiger partial charge in [-0.15, -0.1) is 5.10 Å². The maximum Gasteiger partial charge on any atom is 0.234 e. The number of aromatic nitrogens is 7. The molecule has 1 aliphatic carbocycles. The van der Waals surface area contributed by atoms with Crippen LogP contribution < -0.4 is 0 Å². The zero-order chi connectivity index (χ0) is 19.4. The molecule has 4 aromatic rings. The number of nitriles is 1. The van der Waals surface area contributed by atoms with Crippen molar-refractivity contribution >= 4 is 11.0 Å². The topological polar surface area (TPSA) is 98.1 Å². The van der Waals surface area contributed by atoms with Gasteiger partial charge in [0.2, 0.25) is 5.82 Å². The summed E-state index contributed by atoms with van der Waals surface area (Å²) in [6, 6.07) is 12.1. The normalized spacial score (nSPS) is 18.4. The third kappa shape index (κ3) is 2.55. The first-order chi connectivity index (χ1) is 13.5. The van der Waals surface area contributed by atoms with Crippen LogP contribution in [0.4, 0.5) is 0 Å². The van der Waals surface area contributed by atoms with Crippen LogP contribution in [0.3, 0.4) is 0 Å². The van der Waals surface area contributed by atoms with Crippen LogP contribution in [0, 0.1) is 25.2 Å². The molecule has 0 amide bonds. The Bertz CT molecular complexity index is 1260. The van der Waals surface area contributed by atoms with E-state index in [-0.39, 0.29) is 17.7 Å². The highest BCUT2D eigenvalue weighted by Gasteiger charge is 2.44. The van der Waals surface area contributed by atoms with Gasteiger partial charge in [-0.25, -0.2) is 15.0 Å². The molecule has 1 aromatic carbocycles. The number of para-hydroxylation sites is 2. The molecule has 8 heteroatoms. The molecule has 138 valence electrons. The van der Waals surface area contributed by atoms with Gasteiger partial charge in [0.1, 0.15) is 23.5 Å².